The van der Waals surface area contributed by atoms with Gasteiger partial charge in [-0.2, -0.15) is 4.73 Å². The number of thioether (sulfide) groups is 1. The number of carbonyl (C=O) groups excluding carboxylic acids is 3. The van der Waals surface area contributed by atoms with E-state index >= 15 is 0 Å². The summed E-state index contributed by atoms with van der Waals surface area (Å²) in [7, 11) is 0. The molecule has 0 unspecified atom stereocenters. The van der Waals surface area contributed by atoms with Gasteiger partial charge in [0.25, 0.3) is 11.8 Å². The van der Waals surface area contributed by atoms with Gasteiger partial charge in [0.1, 0.15) is 22.8 Å². The van der Waals surface area contributed by atoms with Gasteiger partial charge in [-0.25, -0.2) is 4.98 Å². The van der Waals surface area contributed by atoms with Gasteiger partial charge in [-0.05, 0) is 5.57 Å². The second-order valence-electron chi connectivity index (χ2n) is 7.40. The standard InChI is InChI=1S/C19H18N6O9S2.Na/c20-19-21-9(6-36-19)12(23-34-4-8-1-10(27)11(28)2-24(8)33)15(29)22-13-16(30)25-14(18(31)32)7(3-26)5-35-17(13)25;/h1-2,6,13,17,26,28,33H,3-5H2,(H2,20,21)(H,22,29)(H,31,32);/q;+1/p-1/b23-12+;/t13-,17-;/m1./s1. The van der Waals surface area contributed by atoms with Crippen molar-refractivity contribution < 1.29 is 69.3 Å². The number of amides is 2. The quantitative estimate of drug-likeness (QED) is 0.0668. The summed E-state index contributed by atoms with van der Waals surface area (Å²) < 4.78 is 0.442. The minimum absolute atomic E-state index is 0. The molecule has 1 fully saturated rings. The third-order valence-corrected chi connectivity index (χ3v) is 7.17. The number of nitrogens with zero attached hydrogens (tertiary/aromatic N) is 4. The monoisotopic (exact) mass is 560 g/mol. The number of rotatable bonds is 8. The number of fused-ring (bicyclic) bond motifs is 1. The molecule has 1 saturated heterocycles. The number of β-lactam (4-membered cyclic amide) rings is 1. The van der Waals surface area contributed by atoms with Crippen molar-refractivity contribution in [2.75, 3.05) is 18.1 Å². The number of oxime groups is 1. The SMILES string of the molecule is Nc1nc(/C(=N\OCc2cc(=O)c(O)cn2O)C(=O)N[C@@H]2C(=O)N3C(C(=O)[O-])=C(CO)CS[C@H]23)cs1.[Na+]. The smallest absolute Gasteiger partial charge is 0.543 e. The summed E-state index contributed by atoms with van der Waals surface area (Å²) >= 11 is 2.15. The van der Waals surface area contributed by atoms with Crippen LogP contribution in [0, 0.1) is 0 Å². The predicted octanol–water partition coefficient (Wildman–Crippen LogP) is -5.85. The number of nitrogens with two attached hydrogens (primary N) is 1. The van der Waals surface area contributed by atoms with Crippen LogP contribution >= 0.6 is 23.1 Å². The number of carbonyl (C=O) groups is 3. The molecule has 0 aromatic carbocycles. The second-order valence-corrected chi connectivity index (χ2v) is 9.40. The van der Waals surface area contributed by atoms with Crippen LogP contribution in [0.2, 0.25) is 0 Å². The molecule has 0 aliphatic carbocycles. The average Bonchev–Trinajstić information content (AvgIpc) is 3.27. The normalized spacial score (nSPS) is 19.0. The number of anilines is 1. The van der Waals surface area contributed by atoms with Crippen molar-refractivity contribution in [3.63, 3.8) is 0 Å². The molecule has 0 spiro atoms. The Morgan fingerprint density at radius 2 is 2.11 bits per heavy atom. The fourth-order valence-corrected chi connectivity index (χ4v) is 5.31. The third kappa shape index (κ3) is 5.60. The first kappa shape index (κ1) is 28.5. The summed E-state index contributed by atoms with van der Waals surface area (Å²) in [6, 6.07) is -0.214. The maximum atomic E-state index is 13.0. The van der Waals surface area contributed by atoms with Gasteiger partial charge in [0.15, 0.2) is 23.2 Å². The van der Waals surface area contributed by atoms with Crippen LogP contribution < -0.4 is 51.1 Å². The largest absolute Gasteiger partial charge is 1.00 e. The fourth-order valence-electron chi connectivity index (χ4n) is 3.43. The number of carboxylic acid groups (broad SMARTS) is 1. The number of aromatic hydroxyl groups is 1. The zero-order valence-corrected chi connectivity index (χ0v) is 22.6. The summed E-state index contributed by atoms with van der Waals surface area (Å²) in [5.74, 6) is -3.81. The van der Waals surface area contributed by atoms with E-state index in [-0.39, 0.29) is 63.1 Å². The van der Waals surface area contributed by atoms with Gasteiger partial charge in [0.05, 0.1) is 24.5 Å². The average molecular weight is 561 g/mol. The molecule has 0 saturated carbocycles. The Balaban J connectivity index is 0.00000380. The van der Waals surface area contributed by atoms with Crippen molar-refractivity contribution >= 4 is 51.7 Å². The predicted molar refractivity (Wildman–Crippen MR) is 122 cm³/mol. The summed E-state index contributed by atoms with van der Waals surface area (Å²) in [4.78, 5) is 58.8. The fraction of sp³-hybridized carbons (Fsp3) is 0.263. The van der Waals surface area contributed by atoms with Gasteiger partial charge in [-0.3, -0.25) is 19.3 Å². The van der Waals surface area contributed by atoms with Crippen molar-refractivity contribution in [1.29, 1.82) is 0 Å². The number of hydrogen-bond acceptors (Lipinski definition) is 14. The molecule has 2 amide bonds. The first-order valence-corrected chi connectivity index (χ1v) is 11.9. The van der Waals surface area contributed by atoms with Gasteiger partial charge in [-0.15, -0.1) is 23.1 Å². The van der Waals surface area contributed by atoms with Crippen molar-refractivity contribution in [2.24, 2.45) is 5.16 Å². The van der Waals surface area contributed by atoms with E-state index < -0.39 is 59.3 Å². The van der Waals surface area contributed by atoms with Crippen molar-refractivity contribution in [2.45, 2.75) is 18.0 Å². The van der Waals surface area contributed by atoms with E-state index in [1.165, 1.54) is 5.38 Å². The van der Waals surface area contributed by atoms with Crippen LogP contribution in [-0.4, -0.2) is 77.3 Å². The molecule has 0 radical (unpaired) electrons. The number of hydrogen-bond donors (Lipinski definition) is 5. The number of carboxylic acids is 1. The van der Waals surface area contributed by atoms with Gasteiger partial charge in [-0.1, -0.05) is 5.16 Å². The number of nitrogens with one attached hydrogen (secondary N) is 1. The molecule has 2 aromatic heterocycles. The number of aromatic nitrogens is 2. The van der Waals surface area contributed by atoms with Crippen LogP contribution in [0.1, 0.15) is 11.4 Å². The van der Waals surface area contributed by atoms with Gasteiger partial charge in [0, 0.05) is 17.2 Å². The minimum Gasteiger partial charge on any atom is -0.543 e. The Bertz CT molecular complexity index is 1370. The molecule has 15 nitrogen and oxygen atoms in total. The molecule has 2 atom stereocenters. The van der Waals surface area contributed by atoms with Gasteiger partial charge >= 0.3 is 29.6 Å². The maximum absolute atomic E-state index is 13.0. The molecule has 190 valence electrons. The number of pyridine rings is 1. The molecule has 4 rings (SSSR count). The second kappa shape index (κ2) is 11.5. The van der Waals surface area contributed by atoms with Crippen LogP contribution in [0.4, 0.5) is 5.13 Å². The van der Waals surface area contributed by atoms with Crippen molar-refractivity contribution in [3.8, 4) is 5.75 Å². The molecule has 2 aliphatic heterocycles. The summed E-state index contributed by atoms with van der Waals surface area (Å²) in [6.45, 7) is -1.05. The van der Waals surface area contributed by atoms with Crippen LogP contribution in [0.3, 0.4) is 0 Å². The van der Waals surface area contributed by atoms with Crippen LogP contribution in [-0.2, 0) is 25.8 Å². The van der Waals surface area contributed by atoms with Crippen LogP contribution in [0.25, 0.3) is 0 Å². The summed E-state index contributed by atoms with van der Waals surface area (Å²) in [5, 5.41) is 47.0. The van der Waals surface area contributed by atoms with Crippen LogP contribution in [0.5, 0.6) is 5.75 Å². The number of aliphatic hydroxyl groups is 1. The van der Waals surface area contributed by atoms with E-state index in [0.717, 1.165) is 40.3 Å². The maximum Gasteiger partial charge on any atom is 1.00 e. The van der Waals surface area contributed by atoms with Crippen molar-refractivity contribution in [3.05, 3.63) is 50.5 Å². The van der Waals surface area contributed by atoms with E-state index in [2.05, 4.69) is 15.5 Å². The van der Waals surface area contributed by atoms with Crippen LogP contribution in [0.15, 0.2) is 38.9 Å². The third-order valence-electron chi connectivity index (χ3n) is 5.15. The Hall–Kier alpha value is -3.09. The topological polar surface area (TPSA) is 233 Å². The first-order valence-electron chi connectivity index (χ1n) is 9.97. The summed E-state index contributed by atoms with van der Waals surface area (Å²) in [6.07, 6.45) is 0.757. The van der Waals surface area contributed by atoms with Gasteiger partial charge < -0.3 is 41.2 Å². The number of nitrogen functional groups attached to an aromatic ring is 1. The Morgan fingerprint density at radius 1 is 1.38 bits per heavy atom. The Labute approximate surface area is 237 Å². The van der Waals surface area contributed by atoms with Gasteiger partial charge in [0.2, 0.25) is 5.43 Å². The van der Waals surface area contributed by atoms with Crippen molar-refractivity contribution in [1.82, 2.24) is 19.9 Å². The molecule has 18 heteroatoms. The Kier molecular flexibility index (Phi) is 8.88. The number of aliphatic carboxylic acids is 1. The molecular weight excluding hydrogens is 543 g/mol. The molecule has 2 aliphatic rings. The zero-order valence-electron chi connectivity index (χ0n) is 19.0. The molecule has 37 heavy (non-hydrogen) atoms. The molecule has 4 heterocycles. The summed E-state index contributed by atoms with van der Waals surface area (Å²) in [5.41, 5.74) is 4.10. The zero-order chi connectivity index (χ0) is 26.1. The first-order chi connectivity index (χ1) is 17.1. The Morgan fingerprint density at radius 3 is 2.73 bits per heavy atom. The number of aliphatic hydroxyl groups excluding tert-OH is 1. The van der Waals surface area contributed by atoms with E-state index in [1.54, 1.807) is 0 Å². The van der Waals surface area contributed by atoms with E-state index in [0.29, 0.717) is 4.73 Å². The van der Waals surface area contributed by atoms with E-state index in [4.69, 9.17) is 10.6 Å². The van der Waals surface area contributed by atoms with E-state index in [1.807, 2.05) is 0 Å². The van der Waals surface area contributed by atoms with E-state index in [9.17, 15) is 39.7 Å². The molecule has 6 N–H and O–H groups in total. The molecular formula is C19H17N6NaO9S2. The minimum atomic E-state index is -1.62. The number of thiazole rings is 1. The molecule has 2 aromatic rings. The molecule has 0 bridgehead atoms.